The first kappa shape index (κ1) is 14.8. The van der Waals surface area contributed by atoms with Crippen LogP contribution in [0.3, 0.4) is 0 Å². The summed E-state index contributed by atoms with van der Waals surface area (Å²) >= 11 is 0. The van der Waals surface area contributed by atoms with Crippen LogP contribution in [0.5, 0.6) is 0 Å². The minimum absolute atomic E-state index is 0.178. The number of aliphatic hydroxyl groups is 1. The van der Waals surface area contributed by atoms with Crippen LogP contribution in [0.2, 0.25) is 0 Å². The largest absolute Gasteiger partial charge is 0.389 e. The Kier molecular flexibility index (Phi) is 4.85. The lowest BCUT2D eigenvalue weighted by molar-refractivity contribution is -0.130. The van der Waals surface area contributed by atoms with Crippen molar-refractivity contribution < 1.29 is 9.90 Å². The molecule has 1 amide bonds. The predicted molar refractivity (Wildman–Crippen MR) is 75.9 cm³/mol. The molecule has 0 atom stereocenters. The van der Waals surface area contributed by atoms with Crippen LogP contribution in [-0.2, 0) is 4.79 Å². The number of amides is 1. The highest BCUT2D eigenvalue weighted by molar-refractivity contribution is 5.78. The summed E-state index contributed by atoms with van der Waals surface area (Å²) in [6, 6.07) is 0.484. The fraction of sp³-hybridized carbons (Fsp3) is 0.933. The van der Waals surface area contributed by atoms with E-state index in [0.717, 1.165) is 51.0 Å². The van der Waals surface area contributed by atoms with E-state index >= 15 is 0 Å². The van der Waals surface area contributed by atoms with Gasteiger partial charge in [-0.2, -0.15) is 0 Å². The standard InChI is InChI=1S/C15H28N2O2/c1-3-17(13-4-5-13)14(18)10-16-11-15(19)8-6-12(2)7-9-15/h12-13,16,19H,3-11H2,1-2H3. The van der Waals surface area contributed by atoms with Crippen molar-refractivity contribution in [2.45, 2.75) is 64.0 Å². The van der Waals surface area contributed by atoms with Crippen LogP contribution in [0.15, 0.2) is 0 Å². The second-order valence-corrected chi connectivity index (χ2v) is 6.42. The third-order valence-corrected chi connectivity index (χ3v) is 4.58. The molecule has 2 saturated carbocycles. The summed E-state index contributed by atoms with van der Waals surface area (Å²) in [5.74, 6) is 0.908. The van der Waals surface area contributed by atoms with Crippen molar-refractivity contribution in [1.29, 1.82) is 0 Å². The first-order valence-electron chi connectivity index (χ1n) is 7.76. The van der Waals surface area contributed by atoms with Crippen molar-refractivity contribution in [2.75, 3.05) is 19.6 Å². The smallest absolute Gasteiger partial charge is 0.236 e. The molecule has 0 saturated heterocycles. The number of nitrogens with one attached hydrogen (secondary N) is 1. The molecule has 0 radical (unpaired) electrons. The van der Waals surface area contributed by atoms with E-state index in [1.807, 2.05) is 11.8 Å². The molecule has 4 nitrogen and oxygen atoms in total. The van der Waals surface area contributed by atoms with E-state index in [-0.39, 0.29) is 5.91 Å². The van der Waals surface area contributed by atoms with Crippen LogP contribution in [0, 0.1) is 5.92 Å². The lowest BCUT2D eigenvalue weighted by Gasteiger charge is -2.35. The fourth-order valence-electron chi connectivity index (χ4n) is 3.00. The van der Waals surface area contributed by atoms with Crippen molar-refractivity contribution in [1.82, 2.24) is 10.2 Å². The van der Waals surface area contributed by atoms with Gasteiger partial charge in [-0.15, -0.1) is 0 Å². The van der Waals surface area contributed by atoms with E-state index in [4.69, 9.17) is 0 Å². The van der Waals surface area contributed by atoms with Gasteiger partial charge in [0.2, 0.25) is 5.91 Å². The average Bonchev–Trinajstić information content (AvgIpc) is 3.19. The molecule has 0 bridgehead atoms. The SMILES string of the molecule is CCN(C(=O)CNCC1(O)CCC(C)CC1)C1CC1. The number of hydrogen-bond acceptors (Lipinski definition) is 3. The molecular formula is C15H28N2O2. The topological polar surface area (TPSA) is 52.6 Å². The van der Waals surface area contributed by atoms with Crippen molar-refractivity contribution >= 4 is 5.91 Å². The Balaban J connectivity index is 1.69. The maximum Gasteiger partial charge on any atom is 0.236 e. The number of carbonyl (C=O) groups excluding carboxylic acids is 1. The Hall–Kier alpha value is -0.610. The Labute approximate surface area is 116 Å². The zero-order valence-corrected chi connectivity index (χ0v) is 12.3. The maximum absolute atomic E-state index is 12.0. The molecule has 0 aromatic rings. The van der Waals surface area contributed by atoms with E-state index in [2.05, 4.69) is 12.2 Å². The second kappa shape index (κ2) is 6.23. The number of likely N-dealkylation sites (N-methyl/N-ethyl adjacent to an activating group) is 1. The van der Waals surface area contributed by atoms with Crippen molar-refractivity contribution in [3.05, 3.63) is 0 Å². The number of rotatable bonds is 6. The van der Waals surface area contributed by atoms with Crippen LogP contribution in [-0.4, -0.2) is 47.2 Å². The molecule has 0 aromatic carbocycles. The third-order valence-electron chi connectivity index (χ3n) is 4.58. The Bertz CT molecular complexity index is 307. The molecule has 0 heterocycles. The summed E-state index contributed by atoms with van der Waals surface area (Å²) in [6.07, 6.45) is 6.21. The van der Waals surface area contributed by atoms with Crippen molar-refractivity contribution in [3.63, 3.8) is 0 Å². The molecule has 2 aliphatic carbocycles. The van der Waals surface area contributed by atoms with Crippen LogP contribution < -0.4 is 5.32 Å². The molecule has 2 fully saturated rings. The molecule has 4 heteroatoms. The monoisotopic (exact) mass is 268 g/mol. The van der Waals surface area contributed by atoms with Gasteiger partial charge in [-0.1, -0.05) is 6.92 Å². The zero-order chi connectivity index (χ0) is 13.9. The second-order valence-electron chi connectivity index (χ2n) is 6.42. The molecule has 2 aliphatic rings. The molecular weight excluding hydrogens is 240 g/mol. The molecule has 2 N–H and O–H groups in total. The Morgan fingerprint density at radius 3 is 2.47 bits per heavy atom. The Morgan fingerprint density at radius 2 is 1.95 bits per heavy atom. The van der Waals surface area contributed by atoms with E-state index in [1.165, 1.54) is 0 Å². The van der Waals surface area contributed by atoms with Gasteiger partial charge in [0.25, 0.3) is 0 Å². The van der Waals surface area contributed by atoms with Crippen LogP contribution in [0.1, 0.15) is 52.4 Å². The summed E-state index contributed by atoms with van der Waals surface area (Å²) in [5, 5.41) is 13.6. The fourth-order valence-corrected chi connectivity index (χ4v) is 3.00. The van der Waals surface area contributed by atoms with Gasteiger partial charge in [0.05, 0.1) is 12.1 Å². The van der Waals surface area contributed by atoms with Crippen LogP contribution in [0.25, 0.3) is 0 Å². The van der Waals surface area contributed by atoms with Gasteiger partial charge in [-0.3, -0.25) is 4.79 Å². The Morgan fingerprint density at radius 1 is 1.32 bits per heavy atom. The number of nitrogens with zero attached hydrogens (tertiary/aromatic N) is 1. The van der Waals surface area contributed by atoms with Crippen molar-refractivity contribution in [2.24, 2.45) is 5.92 Å². The van der Waals surface area contributed by atoms with E-state index < -0.39 is 5.60 Å². The van der Waals surface area contributed by atoms with E-state index in [0.29, 0.717) is 19.1 Å². The van der Waals surface area contributed by atoms with E-state index in [9.17, 15) is 9.90 Å². The van der Waals surface area contributed by atoms with Gasteiger partial charge >= 0.3 is 0 Å². The lowest BCUT2D eigenvalue weighted by atomic mass is 9.79. The molecule has 0 aromatic heterocycles. The minimum atomic E-state index is -0.594. The molecule has 110 valence electrons. The van der Waals surface area contributed by atoms with E-state index in [1.54, 1.807) is 0 Å². The van der Waals surface area contributed by atoms with Crippen molar-refractivity contribution in [3.8, 4) is 0 Å². The quantitative estimate of drug-likeness (QED) is 0.768. The van der Waals surface area contributed by atoms with Gasteiger partial charge < -0.3 is 15.3 Å². The summed E-state index contributed by atoms with van der Waals surface area (Å²) in [6.45, 7) is 5.99. The number of hydrogen-bond donors (Lipinski definition) is 2. The lowest BCUT2D eigenvalue weighted by Crippen LogP contribution is -2.47. The summed E-state index contributed by atoms with van der Waals surface area (Å²) in [5.41, 5.74) is -0.594. The van der Waals surface area contributed by atoms with Gasteiger partial charge in [-0.05, 0) is 51.4 Å². The predicted octanol–water partition coefficient (Wildman–Crippen LogP) is 1.53. The third kappa shape index (κ3) is 4.18. The van der Waals surface area contributed by atoms with Crippen LogP contribution >= 0.6 is 0 Å². The molecule has 0 spiro atoms. The normalized spacial score (nSPS) is 31.2. The van der Waals surface area contributed by atoms with Gasteiger partial charge in [0.15, 0.2) is 0 Å². The first-order chi connectivity index (χ1) is 9.04. The highest BCUT2D eigenvalue weighted by Crippen LogP contribution is 2.31. The van der Waals surface area contributed by atoms with Gasteiger partial charge in [0, 0.05) is 19.1 Å². The number of carbonyl (C=O) groups is 1. The van der Waals surface area contributed by atoms with Gasteiger partial charge in [-0.25, -0.2) is 0 Å². The first-order valence-corrected chi connectivity index (χ1v) is 7.76. The van der Waals surface area contributed by atoms with Gasteiger partial charge in [0.1, 0.15) is 0 Å². The van der Waals surface area contributed by atoms with Crippen LogP contribution in [0.4, 0.5) is 0 Å². The highest BCUT2D eigenvalue weighted by Gasteiger charge is 2.33. The summed E-state index contributed by atoms with van der Waals surface area (Å²) < 4.78 is 0. The average molecular weight is 268 g/mol. The highest BCUT2D eigenvalue weighted by atomic mass is 16.3. The summed E-state index contributed by atoms with van der Waals surface area (Å²) in [7, 11) is 0. The summed E-state index contributed by atoms with van der Waals surface area (Å²) in [4.78, 5) is 14.0. The minimum Gasteiger partial charge on any atom is -0.389 e. The molecule has 2 rings (SSSR count). The molecule has 19 heavy (non-hydrogen) atoms. The zero-order valence-electron chi connectivity index (χ0n) is 12.3. The molecule has 0 aliphatic heterocycles. The maximum atomic E-state index is 12.0. The molecule has 0 unspecified atom stereocenters.